The number of alkyl carbamates (subject to hydrolysis) is 4. The summed E-state index contributed by atoms with van der Waals surface area (Å²) in [5, 5.41) is 63.5. The van der Waals surface area contributed by atoms with Gasteiger partial charge in [0, 0.05) is 12.2 Å². The number of amides is 6. The van der Waals surface area contributed by atoms with Gasteiger partial charge in [-0.05, 0) is 71.4 Å². The van der Waals surface area contributed by atoms with Crippen LogP contribution in [-0.4, -0.2) is 208 Å². The summed E-state index contributed by atoms with van der Waals surface area (Å²) in [6.45, 7) is 18.6. The molecule has 10 N–H and O–H groups in total. The molecule has 0 radical (unpaired) electrons. The van der Waals surface area contributed by atoms with Crippen LogP contribution in [0, 0.1) is 11.8 Å². The first kappa shape index (κ1) is 80.2. The summed E-state index contributed by atoms with van der Waals surface area (Å²) in [5.41, 5.74) is 2.51. The summed E-state index contributed by atoms with van der Waals surface area (Å²) in [7, 11) is -5.80. The van der Waals surface area contributed by atoms with Crippen LogP contribution in [0.25, 0.3) is 0 Å². The third kappa shape index (κ3) is 20.0. The molecule has 0 spiro atoms. The van der Waals surface area contributed by atoms with Crippen LogP contribution < -0.4 is 31.9 Å². The molecule has 0 bridgehead atoms. The van der Waals surface area contributed by atoms with Gasteiger partial charge in [0.15, 0.2) is 41.4 Å². The quantitative estimate of drug-likeness (QED) is 0.0184. The molecule has 0 aromatic heterocycles. The fourth-order valence-electron chi connectivity index (χ4n) is 12.9. The molecule has 576 valence electrons. The highest BCUT2D eigenvalue weighted by Crippen LogP contribution is 2.45. The fourth-order valence-corrected chi connectivity index (χ4v) is 15.6. The lowest BCUT2D eigenvalue weighted by Gasteiger charge is -2.51. The van der Waals surface area contributed by atoms with Crippen LogP contribution >= 0.6 is 0 Å². The molecular formula is C74H98N6O24Si2. The van der Waals surface area contributed by atoms with Crippen LogP contribution in [0.3, 0.4) is 0 Å². The number of fused-ring (bicyclic) bond motifs is 2. The Kier molecular flexibility index (Phi) is 26.2. The lowest BCUT2D eigenvalue weighted by molar-refractivity contribution is -0.306. The minimum Gasteiger partial charge on any atom is -0.460 e. The van der Waals surface area contributed by atoms with Gasteiger partial charge in [0.05, 0.1) is 37.3 Å². The number of hydrogen-bond donors (Lipinski definition) is 10. The minimum atomic E-state index is -2.90. The van der Waals surface area contributed by atoms with Gasteiger partial charge in [-0.1, -0.05) is 163 Å². The number of benzene rings is 4. The Hall–Kier alpha value is -8.39. The van der Waals surface area contributed by atoms with Crippen molar-refractivity contribution in [2.24, 2.45) is 11.8 Å². The average Bonchev–Trinajstić information content (AvgIpc) is 0.755. The zero-order valence-corrected chi connectivity index (χ0v) is 62.9. The van der Waals surface area contributed by atoms with Crippen molar-refractivity contribution in [2.75, 3.05) is 13.1 Å². The molecule has 4 saturated heterocycles. The highest BCUT2D eigenvalue weighted by atomic mass is 28.4. The maximum atomic E-state index is 14.8. The van der Waals surface area contributed by atoms with Crippen molar-refractivity contribution in [3.63, 3.8) is 0 Å². The van der Waals surface area contributed by atoms with Crippen molar-refractivity contribution in [1.29, 1.82) is 0 Å². The summed E-state index contributed by atoms with van der Waals surface area (Å²) >= 11 is 0. The maximum Gasteiger partial charge on any atom is 0.407 e. The zero-order chi connectivity index (χ0) is 76.4. The smallest absolute Gasteiger partial charge is 0.407 e. The highest BCUT2D eigenvalue weighted by molar-refractivity contribution is 6.74. The predicted molar refractivity (Wildman–Crippen MR) is 381 cm³/mol. The first-order chi connectivity index (χ1) is 50.2. The molecule has 32 heteroatoms. The number of ether oxygens (including phenoxy) is 10. The molecule has 10 rings (SSSR count). The molecule has 106 heavy (non-hydrogen) atoms. The molecule has 6 fully saturated rings. The van der Waals surface area contributed by atoms with Gasteiger partial charge in [0.25, 0.3) is 0 Å². The molecule has 0 unspecified atom stereocenters. The van der Waals surface area contributed by atoms with E-state index >= 15 is 0 Å². The largest absolute Gasteiger partial charge is 0.460 e. The van der Waals surface area contributed by atoms with Crippen molar-refractivity contribution < 1.29 is 115 Å². The van der Waals surface area contributed by atoms with Crippen LogP contribution in [-0.2, 0) is 102 Å². The van der Waals surface area contributed by atoms with Gasteiger partial charge < -0.3 is 109 Å². The van der Waals surface area contributed by atoms with Gasteiger partial charge >= 0.3 is 36.3 Å². The Morgan fingerprint density at radius 2 is 0.764 bits per heavy atom. The van der Waals surface area contributed by atoms with E-state index in [4.69, 9.17) is 56.2 Å². The molecule has 2 saturated carbocycles. The molecule has 4 aromatic rings. The van der Waals surface area contributed by atoms with Crippen LogP contribution in [0.2, 0.25) is 36.3 Å². The van der Waals surface area contributed by atoms with E-state index in [0.29, 0.717) is 22.3 Å². The summed E-state index contributed by atoms with van der Waals surface area (Å²) in [4.78, 5) is 111. The molecule has 6 amide bonds. The third-order valence-corrected chi connectivity index (χ3v) is 29.7. The van der Waals surface area contributed by atoms with Gasteiger partial charge in [0.2, 0.25) is 11.8 Å². The van der Waals surface area contributed by atoms with Crippen molar-refractivity contribution in [3.8, 4) is 0 Å². The Morgan fingerprint density at radius 3 is 1.08 bits per heavy atom. The Labute approximate surface area is 616 Å². The number of aliphatic hydroxyl groups is 4. The molecule has 2 aliphatic carbocycles. The monoisotopic (exact) mass is 1510 g/mol. The number of esters is 2. The maximum absolute atomic E-state index is 14.8. The van der Waals surface area contributed by atoms with E-state index < -0.39 is 210 Å². The number of rotatable bonds is 24. The van der Waals surface area contributed by atoms with E-state index in [1.54, 1.807) is 121 Å². The van der Waals surface area contributed by atoms with Crippen molar-refractivity contribution in [2.45, 2.75) is 227 Å². The van der Waals surface area contributed by atoms with Crippen LogP contribution in [0.4, 0.5) is 19.2 Å². The number of hydrogen-bond acceptors (Lipinski definition) is 24. The summed E-state index contributed by atoms with van der Waals surface area (Å²) in [5.74, 6) is -6.86. The Balaban J connectivity index is 0.882. The summed E-state index contributed by atoms with van der Waals surface area (Å²) in [6, 6.07) is 29.5. The highest BCUT2D eigenvalue weighted by Gasteiger charge is 2.61. The molecule has 30 nitrogen and oxygen atoms in total. The third-order valence-electron chi connectivity index (χ3n) is 20.8. The predicted octanol–water partition coefficient (Wildman–Crippen LogP) is 5.29. The van der Waals surface area contributed by atoms with Crippen molar-refractivity contribution in [1.82, 2.24) is 31.9 Å². The van der Waals surface area contributed by atoms with Crippen LogP contribution in [0.5, 0.6) is 0 Å². The summed E-state index contributed by atoms with van der Waals surface area (Å²) < 4.78 is 75.0. The van der Waals surface area contributed by atoms with E-state index in [1.807, 2.05) is 67.7 Å². The number of carbonyl (C=O) groups is 8. The molecule has 4 aromatic carbocycles. The average molecular weight is 1510 g/mol. The zero-order valence-electron chi connectivity index (χ0n) is 60.9. The second kappa shape index (κ2) is 34.7. The second-order valence-corrected chi connectivity index (χ2v) is 39.8. The van der Waals surface area contributed by atoms with E-state index in [1.165, 1.54) is 0 Å². The summed E-state index contributed by atoms with van der Waals surface area (Å²) in [6.07, 6.45) is -24.2. The van der Waals surface area contributed by atoms with Crippen LogP contribution in [0.15, 0.2) is 133 Å². The van der Waals surface area contributed by atoms with E-state index in [2.05, 4.69) is 31.9 Å². The van der Waals surface area contributed by atoms with E-state index in [0.717, 1.165) is 12.2 Å². The van der Waals surface area contributed by atoms with Gasteiger partial charge in [-0.15, -0.1) is 0 Å². The molecule has 4 aliphatic heterocycles. The molecule has 4 heterocycles. The van der Waals surface area contributed by atoms with Gasteiger partial charge in [-0.2, -0.15) is 0 Å². The van der Waals surface area contributed by atoms with Crippen LogP contribution in [0.1, 0.15) is 76.6 Å². The SMILES string of the molecule is CC(C)(C)[Si](C)(C)O[C@H]1[C@@H]2OC(=O)NC[C@H]2O[C@H](O[C@H]2[C@H](O)[C@@H](O)[C@H](NC(=O)/C=C/C(=O)N[C@@H]3C[C@H](NC(=O)OCc4ccccc4)[C@@H](O[C@H]4O[C@@H]5CNC(=O)O[C@H]5[C@H](O[Si](C)(C)C(C)(C)C)[C@H]4C(=O)OCc4ccccc4)[C@H](O)[C@H]3O)C[C@@H]2NC(=O)OCc2ccccc2)[C@@H]1C(=O)OCc1ccccc1. The van der Waals surface area contributed by atoms with Gasteiger partial charge in [-0.25, -0.2) is 19.2 Å². The normalized spacial score (nSPS) is 30.4. The first-order valence-corrected chi connectivity index (χ1v) is 41.3. The van der Waals surface area contributed by atoms with E-state index in [9.17, 15) is 58.8 Å². The lowest BCUT2D eigenvalue weighted by Crippen LogP contribution is -2.69. The number of carbonyl (C=O) groups excluding carboxylic acids is 8. The lowest BCUT2D eigenvalue weighted by atomic mass is 9.83. The molecule has 6 aliphatic rings. The minimum absolute atomic E-state index is 0.123. The van der Waals surface area contributed by atoms with Crippen molar-refractivity contribution in [3.05, 3.63) is 156 Å². The molecular weight excluding hydrogens is 1410 g/mol. The van der Waals surface area contributed by atoms with Crippen molar-refractivity contribution >= 4 is 64.8 Å². The first-order valence-electron chi connectivity index (χ1n) is 35.5. The fraction of sp³-hybridized carbons (Fsp3) is 0.541. The molecule has 20 atom stereocenters. The number of aliphatic hydroxyl groups excluding tert-OH is 4. The topological polar surface area (TPSA) is 400 Å². The van der Waals surface area contributed by atoms with E-state index in [-0.39, 0.29) is 39.5 Å². The second-order valence-electron chi connectivity index (χ2n) is 30.3. The number of nitrogens with one attached hydrogen (secondary N) is 6. The Morgan fingerprint density at radius 1 is 0.453 bits per heavy atom. The van der Waals surface area contributed by atoms with Gasteiger partial charge in [0.1, 0.15) is 99.3 Å². The van der Waals surface area contributed by atoms with Gasteiger partial charge in [-0.3, -0.25) is 19.2 Å². The standard InChI is InChI=1S/C74H98N6O24Si2/c1-73(2,3)105(7,8)103-63-53(65(87)93-37-41-23-15-11-16-24-41)67(97-49-35-75-69(89)101-61(49)63)99-59-47(79-71(91)95-39-43-27-19-13-20-28-43)33-45(55(83)57(59)85)77-51(81)31-32-52(82)78-46-34-48(80-72(92)96-40-44-29-21-14-22-30-44)60(58(86)56(46)84)100-68-54(66(88)94-38-42-25-17-12-18-26-42)64(104-106(9,10)74(4,5)6)62-50(98-68)36-76-70(90)102-62/h11-32,45-50,53-64,67-68,83-86H,33-40H2,1-10H3,(H,75,89)(H,76,90)(H,77,81)(H,78,82)(H,79,91)(H,80,92)/b32-31+/t45-,46-,47+,48+,49-,50-,53+,54+,55+,56+,57-,58-,59-,60-,61-,62-,63-,64-,67-,68-/m1/s1. The Bertz CT molecular complexity index is 3470.